The Labute approximate surface area is 205 Å². The molecule has 0 spiro atoms. The predicted molar refractivity (Wildman–Crippen MR) is 131 cm³/mol. The number of hydrogen-bond acceptors (Lipinski definition) is 5. The maximum atomic E-state index is 13.5. The lowest BCUT2D eigenvalue weighted by atomic mass is 9.80. The van der Waals surface area contributed by atoms with Gasteiger partial charge in [-0.1, -0.05) is 55.3 Å². The van der Waals surface area contributed by atoms with Crippen LogP contribution in [0.15, 0.2) is 59.7 Å². The molecule has 2 heterocycles. The molecule has 2 N–H and O–H groups in total. The van der Waals surface area contributed by atoms with Gasteiger partial charge in [-0.15, -0.1) is 0 Å². The molecule has 5 rings (SSSR count). The van der Waals surface area contributed by atoms with Crippen LogP contribution in [0.3, 0.4) is 0 Å². The van der Waals surface area contributed by atoms with Crippen molar-refractivity contribution in [1.29, 1.82) is 0 Å². The van der Waals surface area contributed by atoms with Crippen LogP contribution in [0.1, 0.15) is 49.7 Å². The Morgan fingerprint density at radius 1 is 1.03 bits per heavy atom. The van der Waals surface area contributed by atoms with E-state index in [1.165, 1.54) is 17.7 Å². The zero-order valence-corrected chi connectivity index (χ0v) is 19.8. The number of halogens is 1. The molecule has 0 bridgehead atoms. The third-order valence-electron chi connectivity index (χ3n) is 7.32. The van der Waals surface area contributed by atoms with Crippen LogP contribution in [0.5, 0.6) is 0 Å². The minimum Gasteiger partial charge on any atom is -0.352 e. The van der Waals surface area contributed by atoms with Crippen molar-refractivity contribution in [3.63, 3.8) is 0 Å². The van der Waals surface area contributed by atoms with E-state index >= 15 is 0 Å². The van der Waals surface area contributed by atoms with Crippen LogP contribution < -0.4 is 10.7 Å². The first-order valence-corrected chi connectivity index (χ1v) is 12.6. The maximum Gasteiger partial charge on any atom is 0.230 e. The molecule has 2 aliphatic heterocycles. The number of hydrazone groups is 1. The smallest absolute Gasteiger partial charge is 0.230 e. The van der Waals surface area contributed by atoms with E-state index in [0.717, 1.165) is 43.5 Å². The van der Waals surface area contributed by atoms with Crippen molar-refractivity contribution in [3.05, 3.63) is 71.5 Å². The number of amidine groups is 1. The number of nitrogens with one attached hydrogen (secondary N) is 2. The topological polar surface area (TPSA) is 77.0 Å². The summed E-state index contributed by atoms with van der Waals surface area (Å²) in [6.07, 6.45) is 5.36. The molecule has 2 aromatic rings. The molecule has 1 saturated heterocycles. The second kappa shape index (κ2) is 10.5. The molecule has 2 fully saturated rings. The van der Waals surface area contributed by atoms with Gasteiger partial charge in [0, 0.05) is 32.0 Å². The zero-order chi connectivity index (χ0) is 24.2. The van der Waals surface area contributed by atoms with E-state index in [0.29, 0.717) is 25.9 Å². The van der Waals surface area contributed by atoms with Crippen molar-refractivity contribution >= 4 is 17.6 Å². The van der Waals surface area contributed by atoms with Crippen LogP contribution in [0, 0.1) is 11.7 Å². The summed E-state index contributed by atoms with van der Waals surface area (Å²) in [7, 11) is 0. The van der Waals surface area contributed by atoms with E-state index < -0.39 is 0 Å². The zero-order valence-electron chi connectivity index (χ0n) is 19.8. The van der Waals surface area contributed by atoms with Crippen molar-refractivity contribution in [3.8, 4) is 0 Å². The van der Waals surface area contributed by atoms with Gasteiger partial charge in [0.1, 0.15) is 11.7 Å². The Morgan fingerprint density at radius 3 is 2.60 bits per heavy atom. The van der Waals surface area contributed by atoms with Crippen LogP contribution in [0.25, 0.3) is 0 Å². The lowest BCUT2D eigenvalue weighted by Gasteiger charge is -2.50. The molecule has 2 aromatic carbocycles. The normalized spacial score (nSPS) is 23.3. The largest absolute Gasteiger partial charge is 0.352 e. The number of fused-ring (bicyclic) bond motifs is 3. The molecule has 3 unspecified atom stereocenters. The fourth-order valence-electron chi connectivity index (χ4n) is 5.48. The standard InChI is InChI=1S/C27H32FN5O2/c28-21-12-10-20(11-13-21)18-29-25(34)15-14-24-30-31-27-32(17-16-19-6-2-1-3-7-19)26(35)22-8-4-5-9-23(22)33(24)27/h1-3,6-7,10-13,22-23,27,31H,4-5,8-9,14-18H2,(H,29,34). The number of carbonyl (C=O) groups excluding carboxylic acids is 2. The number of amides is 2. The average Bonchev–Trinajstić information content (AvgIpc) is 3.31. The van der Waals surface area contributed by atoms with Gasteiger partial charge in [0.2, 0.25) is 11.8 Å². The number of hydrogen-bond donors (Lipinski definition) is 2. The van der Waals surface area contributed by atoms with Gasteiger partial charge in [-0.05, 0) is 42.5 Å². The van der Waals surface area contributed by atoms with Crippen molar-refractivity contribution in [1.82, 2.24) is 20.5 Å². The highest BCUT2D eigenvalue weighted by molar-refractivity contribution is 5.91. The second-order valence-corrected chi connectivity index (χ2v) is 9.57. The van der Waals surface area contributed by atoms with E-state index in [-0.39, 0.29) is 35.9 Å². The molecule has 35 heavy (non-hydrogen) atoms. The molecule has 0 radical (unpaired) electrons. The van der Waals surface area contributed by atoms with Gasteiger partial charge in [-0.3, -0.25) is 15.0 Å². The summed E-state index contributed by atoms with van der Waals surface area (Å²) in [6, 6.07) is 16.5. The molecule has 1 saturated carbocycles. The van der Waals surface area contributed by atoms with E-state index in [1.807, 2.05) is 23.1 Å². The number of benzene rings is 2. The Morgan fingerprint density at radius 2 is 1.80 bits per heavy atom. The van der Waals surface area contributed by atoms with Gasteiger partial charge >= 0.3 is 0 Å². The van der Waals surface area contributed by atoms with E-state index in [2.05, 4.69) is 32.9 Å². The van der Waals surface area contributed by atoms with Crippen molar-refractivity contribution < 1.29 is 14.0 Å². The minimum atomic E-state index is -0.291. The quantitative estimate of drug-likeness (QED) is 0.611. The van der Waals surface area contributed by atoms with Gasteiger partial charge in [-0.2, -0.15) is 5.10 Å². The summed E-state index contributed by atoms with van der Waals surface area (Å²) in [5.74, 6) is 0.678. The SMILES string of the molecule is O=C(CCC1=NNC2N(CCc3ccccc3)C(=O)C3CCCCC3N12)NCc1ccc(F)cc1. The third kappa shape index (κ3) is 5.16. The molecule has 3 atom stereocenters. The van der Waals surface area contributed by atoms with Gasteiger partial charge in [0.05, 0.1) is 5.92 Å². The van der Waals surface area contributed by atoms with E-state index in [4.69, 9.17) is 0 Å². The lowest BCUT2D eigenvalue weighted by Crippen LogP contribution is -2.67. The van der Waals surface area contributed by atoms with Crippen LogP contribution >= 0.6 is 0 Å². The average molecular weight is 478 g/mol. The van der Waals surface area contributed by atoms with Crippen LogP contribution in [-0.4, -0.2) is 46.3 Å². The fourth-order valence-corrected chi connectivity index (χ4v) is 5.48. The van der Waals surface area contributed by atoms with Crippen LogP contribution in [0.2, 0.25) is 0 Å². The number of rotatable bonds is 8. The molecule has 7 nitrogen and oxygen atoms in total. The lowest BCUT2D eigenvalue weighted by molar-refractivity contribution is -0.155. The Balaban J connectivity index is 1.22. The predicted octanol–water partition coefficient (Wildman–Crippen LogP) is 3.37. The summed E-state index contributed by atoms with van der Waals surface area (Å²) in [6.45, 7) is 0.990. The molecule has 3 aliphatic rings. The van der Waals surface area contributed by atoms with Gasteiger partial charge in [0.25, 0.3) is 0 Å². The van der Waals surface area contributed by atoms with Gasteiger partial charge in [0.15, 0.2) is 6.29 Å². The van der Waals surface area contributed by atoms with E-state index in [9.17, 15) is 14.0 Å². The monoisotopic (exact) mass is 477 g/mol. The van der Waals surface area contributed by atoms with Gasteiger partial charge < -0.3 is 15.1 Å². The highest BCUT2D eigenvalue weighted by Crippen LogP contribution is 2.37. The molecule has 2 amide bonds. The van der Waals surface area contributed by atoms with Crippen molar-refractivity contribution in [2.75, 3.05) is 6.54 Å². The molecular weight excluding hydrogens is 445 g/mol. The molecule has 1 aliphatic carbocycles. The molecule has 184 valence electrons. The summed E-state index contributed by atoms with van der Waals surface area (Å²) >= 11 is 0. The summed E-state index contributed by atoms with van der Waals surface area (Å²) in [4.78, 5) is 30.2. The molecule has 0 aromatic heterocycles. The summed E-state index contributed by atoms with van der Waals surface area (Å²) in [5, 5.41) is 7.49. The molecule has 8 heteroatoms. The fraction of sp³-hybridized carbons (Fsp3) is 0.444. The maximum absolute atomic E-state index is 13.5. The van der Waals surface area contributed by atoms with Crippen LogP contribution in [0.4, 0.5) is 4.39 Å². The third-order valence-corrected chi connectivity index (χ3v) is 7.32. The van der Waals surface area contributed by atoms with Gasteiger partial charge in [-0.25, -0.2) is 4.39 Å². The highest BCUT2D eigenvalue weighted by atomic mass is 19.1. The summed E-state index contributed by atoms with van der Waals surface area (Å²) in [5.41, 5.74) is 5.26. The van der Waals surface area contributed by atoms with Crippen molar-refractivity contribution in [2.24, 2.45) is 11.0 Å². The molecular formula is C27H32FN5O2. The first-order chi connectivity index (χ1) is 17.1. The summed E-state index contributed by atoms with van der Waals surface area (Å²) < 4.78 is 13.1. The second-order valence-electron chi connectivity index (χ2n) is 9.57. The van der Waals surface area contributed by atoms with E-state index in [1.54, 1.807) is 12.1 Å². The number of nitrogens with zero attached hydrogens (tertiary/aromatic N) is 3. The minimum absolute atomic E-state index is 0.0202. The first-order valence-electron chi connectivity index (χ1n) is 12.6. The first kappa shape index (κ1) is 23.3. The number of carbonyl (C=O) groups is 2. The Kier molecular flexibility index (Phi) is 6.97. The Hall–Kier alpha value is -3.42. The highest BCUT2D eigenvalue weighted by Gasteiger charge is 2.50. The Bertz CT molecular complexity index is 1070. The van der Waals surface area contributed by atoms with Crippen LogP contribution in [-0.2, 0) is 22.6 Å². The van der Waals surface area contributed by atoms with Crippen molar-refractivity contribution in [2.45, 2.75) is 63.8 Å².